The molecule has 3 aromatic rings. The van der Waals surface area contributed by atoms with E-state index in [-0.39, 0.29) is 11.9 Å². The van der Waals surface area contributed by atoms with Crippen LogP contribution < -0.4 is 15.4 Å². The van der Waals surface area contributed by atoms with Gasteiger partial charge in [0.25, 0.3) is 0 Å². The molecule has 2 aliphatic rings. The summed E-state index contributed by atoms with van der Waals surface area (Å²) < 4.78 is 5.26. The Hall–Kier alpha value is -3.45. The van der Waals surface area contributed by atoms with Crippen LogP contribution in [0.1, 0.15) is 36.8 Å². The minimum absolute atomic E-state index is 0.132. The molecule has 7 nitrogen and oxygen atoms in total. The van der Waals surface area contributed by atoms with Crippen LogP contribution in [0.25, 0.3) is 22.8 Å². The van der Waals surface area contributed by atoms with Gasteiger partial charge in [0.15, 0.2) is 11.5 Å². The van der Waals surface area contributed by atoms with Gasteiger partial charge in [-0.15, -0.1) is 0 Å². The maximum atomic E-state index is 9.90. The first-order chi connectivity index (χ1) is 15.6. The number of benzene rings is 1. The summed E-state index contributed by atoms with van der Waals surface area (Å²) in [5.41, 5.74) is 5.31. The molecule has 5 rings (SSSR count). The molecule has 32 heavy (non-hydrogen) atoms. The van der Waals surface area contributed by atoms with E-state index in [1.54, 1.807) is 13.2 Å². The lowest BCUT2D eigenvalue weighted by Crippen LogP contribution is -2.28. The number of H-pyrrole nitrogens is 1. The van der Waals surface area contributed by atoms with Crippen LogP contribution in [0.2, 0.25) is 0 Å². The second-order valence-electron chi connectivity index (χ2n) is 8.48. The molecule has 0 radical (unpaired) electrons. The van der Waals surface area contributed by atoms with Crippen molar-refractivity contribution in [3.8, 4) is 22.6 Å². The van der Waals surface area contributed by atoms with Crippen LogP contribution in [0.3, 0.4) is 0 Å². The Labute approximate surface area is 187 Å². The van der Waals surface area contributed by atoms with Gasteiger partial charge in [-0.1, -0.05) is 6.07 Å². The summed E-state index contributed by atoms with van der Waals surface area (Å²) in [5.74, 6) is 2.44. The maximum Gasteiger partial charge on any atom is 0.161 e. The number of ether oxygens (including phenoxy) is 1. The molecule has 0 amide bonds. The largest absolute Gasteiger partial charge is 0.504 e. The number of hydrogen-bond donors (Lipinski definition) is 5. The lowest BCUT2D eigenvalue weighted by molar-refractivity contribution is 0.126. The fourth-order valence-corrected chi connectivity index (χ4v) is 4.51. The molecule has 0 saturated heterocycles. The maximum absolute atomic E-state index is 9.90. The van der Waals surface area contributed by atoms with Crippen molar-refractivity contribution in [2.75, 3.05) is 24.3 Å². The molecule has 166 valence electrons. The van der Waals surface area contributed by atoms with Crippen molar-refractivity contribution in [1.29, 1.82) is 0 Å². The summed E-state index contributed by atoms with van der Waals surface area (Å²) in [5, 5.41) is 26.5. The summed E-state index contributed by atoms with van der Waals surface area (Å²) >= 11 is 0. The zero-order valence-electron chi connectivity index (χ0n) is 18.1. The van der Waals surface area contributed by atoms with Crippen LogP contribution in [0, 0.1) is 0 Å². The number of phenolic OH excluding ortho intramolecular Hbond substituents is 1. The first-order valence-electron chi connectivity index (χ1n) is 11.0. The summed E-state index contributed by atoms with van der Waals surface area (Å²) in [7, 11) is 1.55. The molecule has 2 aromatic heterocycles. The van der Waals surface area contributed by atoms with Crippen LogP contribution >= 0.6 is 0 Å². The van der Waals surface area contributed by atoms with Crippen molar-refractivity contribution in [3.05, 3.63) is 53.9 Å². The van der Waals surface area contributed by atoms with E-state index in [9.17, 15) is 10.2 Å². The molecule has 1 fully saturated rings. The summed E-state index contributed by atoms with van der Waals surface area (Å²) in [6.07, 6.45) is 9.55. The monoisotopic (exact) mass is 432 g/mol. The number of anilines is 2. The molecule has 1 saturated carbocycles. The summed E-state index contributed by atoms with van der Waals surface area (Å²) in [4.78, 5) is 7.96. The molecule has 0 bridgehead atoms. The van der Waals surface area contributed by atoms with Gasteiger partial charge in [0, 0.05) is 41.7 Å². The average molecular weight is 433 g/mol. The first kappa shape index (κ1) is 20.5. The van der Waals surface area contributed by atoms with Crippen molar-refractivity contribution >= 4 is 23.3 Å². The Morgan fingerprint density at radius 2 is 1.91 bits per heavy atom. The van der Waals surface area contributed by atoms with Crippen LogP contribution in [0.4, 0.5) is 11.6 Å². The van der Waals surface area contributed by atoms with Crippen molar-refractivity contribution in [3.63, 3.8) is 0 Å². The fraction of sp³-hybridized carbons (Fsp3) is 0.320. The Morgan fingerprint density at radius 3 is 2.66 bits per heavy atom. The number of rotatable bonds is 5. The molecule has 1 aromatic carbocycles. The highest BCUT2D eigenvalue weighted by Crippen LogP contribution is 2.37. The van der Waals surface area contributed by atoms with Crippen LogP contribution in [0.15, 0.2) is 42.7 Å². The number of phenols is 1. The topological polar surface area (TPSA) is 102 Å². The van der Waals surface area contributed by atoms with E-state index in [0.717, 1.165) is 65.1 Å². The molecule has 1 aliphatic carbocycles. The summed E-state index contributed by atoms with van der Waals surface area (Å²) in [6.45, 7) is 0.679. The smallest absolute Gasteiger partial charge is 0.161 e. The molecule has 5 N–H and O–H groups in total. The van der Waals surface area contributed by atoms with Gasteiger partial charge in [0.1, 0.15) is 11.6 Å². The fourth-order valence-electron chi connectivity index (χ4n) is 4.51. The van der Waals surface area contributed by atoms with Crippen LogP contribution in [-0.2, 0) is 0 Å². The molecular weight excluding hydrogens is 404 g/mol. The molecule has 1 aliphatic heterocycles. The third-order valence-corrected chi connectivity index (χ3v) is 6.37. The van der Waals surface area contributed by atoms with Gasteiger partial charge in [-0.25, -0.2) is 4.98 Å². The van der Waals surface area contributed by atoms with Gasteiger partial charge < -0.3 is 30.6 Å². The molecule has 0 atom stereocenters. The number of aliphatic hydroxyl groups excluding tert-OH is 1. The van der Waals surface area contributed by atoms with E-state index in [1.165, 1.54) is 0 Å². The number of pyridine rings is 1. The van der Waals surface area contributed by atoms with E-state index in [1.807, 2.05) is 30.6 Å². The second-order valence-corrected chi connectivity index (χ2v) is 8.48. The molecule has 0 spiro atoms. The standard InChI is InChI=1S/C25H28N4O3/c1-32-23-11-15(2-8-22(23)31)17-10-20-21(14-28-25(20)27-13-17)16-3-9-24(26-12-16)29-18-4-6-19(30)7-5-18/h2-3,8-12,14,18-19,27-28,30-31H,4-7,13H2,1H3,(H,26,29). The van der Waals surface area contributed by atoms with Crippen LogP contribution in [-0.4, -0.2) is 46.0 Å². The van der Waals surface area contributed by atoms with E-state index >= 15 is 0 Å². The SMILES string of the molecule is COc1cc(C2=Cc3c(-c4ccc(NC5CCC(O)CC5)nc4)c[nH]c3NC2)ccc1O. The number of aromatic nitrogens is 2. The van der Waals surface area contributed by atoms with Crippen molar-refractivity contribution in [1.82, 2.24) is 9.97 Å². The third-order valence-electron chi connectivity index (χ3n) is 6.37. The lowest BCUT2D eigenvalue weighted by atomic mass is 9.93. The number of hydrogen-bond acceptors (Lipinski definition) is 6. The average Bonchev–Trinajstić information content (AvgIpc) is 3.25. The van der Waals surface area contributed by atoms with Gasteiger partial charge >= 0.3 is 0 Å². The van der Waals surface area contributed by atoms with Crippen molar-refractivity contribution in [2.24, 2.45) is 0 Å². The highest BCUT2D eigenvalue weighted by atomic mass is 16.5. The highest BCUT2D eigenvalue weighted by Gasteiger charge is 2.20. The molecular formula is C25H28N4O3. The Bertz CT molecular complexity index is 1130. The zero-order valence-corrected chi connectivity index (χ0v) is 18.1. The normalized spacial score (nSPS) is 20.1. The minimum Gasteiger partial charge on any atom is -0.504 e. The number of aliphatic hydroxyl groups is 1. The van der Waals surface area contributed by atoms with Crippen LogP contribution in [0.5, 0.6) is 11.5 Å². The number of methoxy groups -OCH3 is 1. The minimum atomic E-state index is -0.155. The summed E-state index contributed by atoms with van der Waals surface area (Å²) in [6, 6.07) is 9.88. The third kappa shape index (κ3) is 4.03. The number of aromatic hydroxyl groups is 1. The van der Waals surface area contributed by atoms with E-state index < -0.39 is 0 Å². The van der Waals surface area contributed by atoms with Gasteiger partial charge in [0.2, 0.25) is 0 Å². The predicted molar refractivity (Wildman–Crippen MR) is 127 cm³/mol. The lowest BCUT2D eigenvalue weighted by Gasteiger charge is -2.26. The number of aromatic amines is 1. The number of nitrogens with one attached hydrogen (secondary N) is 3. The van der Waals surface area contributed by atoms with Gasteiger partial charge in [0.05, 0.1) is 13.2 Å². The highest BCUT2D eigenvalue weighted by molar-refractivity contribution is 5.95. The Morgan fingerprint density at radius 1 is 1.09 bits per heavy atom. The molecule has 0 unspecified atom stereocenters. The molecule has 7 heteroatoms. The number of nitrogens with zero attached hydrogens (tertiary/aromatic N) is 1. The van der Waals surface area contributed by atoms with Crippen molar-refractivity contribution < 1.29 is 14.9 Å². The van der Waals surface area contributed by atoms with E-state index in [0.29, 0.717) is 18.3 Å². The van der Waals surface area contributed by atoms with Crippen molar-refractivity contribution in [2.45, 2.75) is 37.8 Å². The second kappa shape index (κ2) is 8.59. The van der Waals surface area contributed by atoms with Gasteiger partial charge in [-0.05, 0) is 67.2 Å². The van der Waals surface area contributed by atoms with E-state index in [4.69, 9.17) is 4.74 Å². The molecule has 3 heterocycles. The quantitative estimate of drug-likeness (QED) is 0.408. The Balaban J connectivity index is 1.37. The zero-order chi connectivity index (χ0) is 22.1. The first-order valence-corrected chi connectivity index (χ1v) is 11.0. The number of fused-ring (bicyclic) bond motifs is 1. The Kier molecular flexibility index (Phi) is 5.49. The van der Waals surface area contributed by atoms with Gasteiger partial charge in [-0.2, -0.15) is 0 Å². The van der Waals surface area contributed by atoms with Gasteiger partial charge in [-0.3, -0.25) is 0 Å². The van der Waals surface area contributed by atoms with E-state index in [2.05, 4.69) is 32.7 Å². The predicted octanol–water partition coefficient (Wildman–Crippen LogP) is 4.47.